The average Bonchev–Trinajstić information content (AvgIpc) is 2.86. The first kappa shape index (κ1) is 25.1. The van der Waals surface area contributed by atoms with Crippen molar-refractivity contribution in [1.82, 2.24) is 0 Å². The molecule has 3 N–H and O–H groups in total. The minimum Gasteiger partial charge on any atom is -0.508 e. The Kier molecular flexibility index (Phi) is 7.75. The number of aromatic hydroxyl groups is 3. The predicted octanol–water partition coefficient (Wildman–Crippen LogP) is 5.98. The SMILES string of the molecule is Cc1cc(C)c(O)c(C=N[C@@H]2CCCCC2N=Cc2cc(C#Cc3ccc(O)cc3)cc(C)c2O)c1. The highest BCUT2D eigenvalue weighted by molar-refractivity contribution is 5.86. The van der Waals surface area contributed by atoms with Crippen LogP contribution in [-0.2, 0) is 0 Å². The molecule has 4 rings (SSSR count). The lowest BCUT2D eigenvalue weighted by molar-refractivity contribution is 0.390. The maximum Gasteiger partial charge on any atom is 0.127 e. The highest BCUT2D eigenvalue weighted by Crippen LogP contribution is 2.27. The summed E-state index contributed by atoms with van der Waals surface area (Å²) in [5.74, 6) is 6.90. The summed E-state index contributed by atoms with van der Waals surface area (Å²) in [6, 6.07) is 14.4. The van der Waals surface area contributed by atoms with E-state index >= 15 is 0 Å². The first-order valence-corrected chi connectivity index (χ1v) is 12.3. The van der Waals surface area contributed by atoms with Crippen LogP contribution in [0.25, 0.3) is 0 Å². The van der Waals surface area contributed by atoms with Gasteiger partial charge in [-0.3, -0.25) is 9.98 Å². The minimum absolute atomic E-state index is 0.00879. The molecule has 0 spiro atoms. The van der Waals surface area contributed by atoms with Crippen LogP contribution in [0.3, 0.4) is 0 Å². The maximum absolute atomic E-state index is 10.6. The van der Waals surface area contributed by atoms with Crippen molar-refractivity contribution in [1.29, 1.82) is 0 Å². The van der Waals surface area contributed by atoms with Crippen LogP contribution in [0.5, 0.6) is 17.2 Å². The molecule has 36 heavy (non-hydrogen) atoms. The fraction of sp³-hybridized carbons (Fsp3) is 0.290. The van der Waals surface area contributed by atoms with Crippen LogP contribution in [0.4, 0.5) is 0 Å². The molecule has 0 radical (unpaired) electrons. The van der Waals surface area contributed by atoms with E-state index in [0.29, 0.717) is 5.56 Å². The zero-order chi connectivity index (χ0) is 25.7. The number of benzene rings is 3. The number of nitrogens with zero attached hydrogens (tertiary/aromatic N) is 2. The smallest absolute Gasteiger partial charge is 0.127 e. The van der Waals surface area contributed by atoms with Crippen molar-refractivity contribution in [3.8, 4) is 29.1 Å². The summed E-state index contributed by atoms with van der Waals surface area (Å²) in [7, 11) is 0. The van der Waals surface area contributed by atoms with Crippen molar-refractivity contribution >= 4 is 12.4 Å². The number of rotatable bonds is 4. The van der Waals surface area contributed by atoms with Crippen molar-refractivity contribution in [2.24, 2.45) is 9.98 Å². The lowest BCUT2D eigenvalue weighted by Crippen LogP contribution is -2.27. The van der Waals surface area contributed by atoms with E-state index in [1.807, 2.05) is 45.0 Å². The molecular formula is C31H32N2O3. The monoisotopic (exact) mass is 480 g/mol. The molecule has 0 amide bonds. The Morgan fingerprint density at radius 3 is 1.83 bits per heavy atom. The highest BCUT2D eigenvalue weighted by Gasteiger charge is 2.23. The second-order valence-corrected chi connectivity index (χ2v) is 9.52. The Bertz CT molecular complexity index is 1360. The zero-order valence-corrected chi connectivity index (χ0v) is 21.0. The van der Waals surface area contributed by atoms with Gasteiger partial charge in [-0.1, -0.05) is 30.7 Å². The predicted molar refractivity (Wildman–Crippen MR) is 146 cm³/mol. The second kappa shape index (κ2) is 11.1. The Morgan fingerprint density at radius 2 is 1.22 bits per heavy atom. The molecule has 1 aliphatic rings. The fourth-order valence-electron chi connectivity index (χ4n) is 4.55. The van der Waals surface area contributed by atoms with Gasteiger partial charge in [-0.2, -0.15) is 0 Å². The number of phenolic OH excluding ortho intramolecular Hbond substituents is 3. The van der Waals surface area contributed by atoms with E-state index in [1.165, 1.54) is 0 Å². The number of aryl methyl sites for hydroxylation is 3. The van der Waals surface area contributed by atoms with E-state index in [0.717, 1.165) is 59.1 Å². The van der Waals surface area contributed by atoms with Crippen LogP contribution < -0.4 is 0 Å². The Balaban J connectivity index is 1.55. The Labute approximate surface area is 212 Å². The molecule has 1 fully saturated rings. The van der Waals surface area contributed by atoms with Crippen molar-refractivity contribution in [2.45, 2.75) is 58.5 Å². The van der Waals surface area contributed by atoms with Gasteiger partial charge in [0.25, 0.3) is 0 Å². The van der Waals surface area contributed by atoms with Crippen molar-refractivity contribution < 1.29 is 15.3 Å². The fourth-order valence-corrected chi connectivity index (χ4v) is 4.55. The summed E-state index contributed by atoms with van der Waals surface area (Å²) in [6.07, 6.45) is 7.56. The molecule has 2 atom stereocenters. The van der Waals surface area contributed by atoms with E-state index in [1.54, 1.807) is 36.7 Å². The molecular weight excluding hydrogens is 448 g/mol. The first-order valence-electron chi connectivity index (χ1n) is 12.3. The van der Waals surface area contributed by atoms with Gasteiger partial charge in [0.1, 0.15) is 17.2 Å². The third-order valence-corrected chi connectivity index (χ3v) is 6.53. The van der Waals surface area contributed by atoms with E-state index in [4.69, 9.17) is 9.98 Å². The van der Waals surface area contributed by atoms with Crippen molar-refractivity contribution in [3.05, 3.63) is 87.5 Å². The summed E-state index contributed by atoms with van der Waals surface area (Å²) < 4.78 is 0. The Hall–Kier alpha value is -4.04. The van der Waals surface area contributed by atoms with Gasteiger partial charge in [-0.15, -0.1) is 0 Å². The number of hydrogen-bond acceptors (Lipinski definition) is 5. The number of phenols is 3. The largest absolute Gasteiger partial charge is 0.508 e. The lowest BCUT2D eigenvalue weighted by Gasteiger charge is -2.25. The first-order chi connectivity index (χ1) is 17.3. The van der Waals surface area contributed by atoms with Gasteiger partial charge < -0.3 is 15.3 Å². The molecule has 0 saturated heterocycles. The molecule has 5 nitrogen and oxygen atoms in total. The standard InChI is InChI=1S/C31H32N2O3/c1-20-14-21(2)30(35)25(15-20)18-32-28-6-4-5-7-29(28)33-19-26-17-24(16-22(3)31(26)36)9-8-23-10-12-27(34)13-11-23/h10-19,28-29,34-36H,4-7H2,1-3H3/t28-,29?/m1/s1. The van der Waals surface area contributed by atoms with Crippen LogP contribution in [0.1, 0.15) is 64.6 Å². The van der Waals surface area contributed by atoms with Crippen LogP contribution in [0.15, 0.2) is 58.5 Å². The minimum atomic E-state index is 0.00879. The summed E-state index contributed by atoms with van der Waals surface area (Å²) in [5, 5.41) is 30.5. The second-order valence-electron chi connectivity index (χ2n) is 9.52. The third kappa shape index (κ3) is 6.14. The van der Waals surface area contributed by atoms with E-state index in [9.17, 15) is 15.3 Å². The molecule has 3 aromatic rings. The average molecular weight is 481 g/mol. The molecule has 1 aliphatic carbocycles. The molecule has 0 heterocycles. The van der Waals surface area contributed by atoms with Gasteiger partial charge in [0.15, 0.2) is 0 Å². The molecule has 0 bridgehead atoms. The van der Waals surface area contributed by atoms with Gasteiger partial charge in [0.05, 0.1) is 12.1 Å². The van der Waals surface area contributed by atoms with E-state index < -0.39 is 0 Å². The van der Waals surface area contributed by atoms with Crippen LogP contribution in [0, 0.1) is 32.6 Å². The van der Waals surface area contributed by atoms with Crippen molar-refractivity contribution in [3.63, 3.8) is 0 Å². The van der Waals surface area contributed by atoms with Gasteiger partial charge in [-0.05, 0) is 92.8 Å². The normalized spacial score (nSPS) is 17.9. The quantitative estimate of drug-likeness (QED) is 0.317. The van der Waals surface area contributed by atoms with E-state index in [-0.39, 0.29) is 29.3 Å². The lowest BCUT2D eigenvalue weighted by atomic mass is 9.91. The van der Waals surface area contributed by atoms with Crippen LogP contribution >= 0.6 is 0 Å². The zero-order valence-electron chi connectivity index (χ0n) is 21.0. The summed E-state index contributed by atoms with van der Waals surface area (Å²) in [5.41, 5.74) is 5.60. The van der Waals surface area contributed by atoms with Gasteiger partial charge in [0, 0.05) is 34.7 Å². The van der Waals surface area contributed by atoms with Crippen LogP contribution in [0.2, 0.25) is 0 Å². The van der Waals surface area contributed by atoms with Gasteiger partial charge >= 0.3 is 0 Å². The summed E-state index contributed by atoms with van der Waals surface area (Å²) in [6.45, 7) is 5.75. The molecule has 0 aliphatic heterocycles. The topological polar surface area (TPSA) is 85.4 Å². The number of hydrogen-bond donors (Lipinski definition) is 3. The highest BCUT2D eigenvalue weighted by atomic mass is 16.3. The molecule has 1 saturated carbocycles. The van der Waals surface area contributed by atoms with Crippen LogP contribution in [-0.4, -0.2) is 39.8 Å². The molecule has 0 aromatic heterocycles. The summed E-state index contributed by atoms with van der Waals surface area (Å²) in [4.78, 5) is 9.65. The maximum atomic E-state index is 10.6. The molecule has 5 heteroatoms. The molecule has 1 unspecified atom stereocenters. The van der Waals surface area contributed by atoms with Crippen molar-refractivity contribution in [2.75, 3.05) is 0 Å². The molecule has 184 valence electrons. The van der Waals surface area contributed by atoms with E-state index in [2.05, 4.69) is 11.8 Å². The molecule has 3 aromatic carbocycles. The third-order valence-electron chi connectivity index (χ3n) is 6.53. The summed E-state index contributed by atoms with van der Waals surface area (Å²) >= 11 is 0. The number of aliphatic imine (C=N–C) groups is 2. The van der Waals surface area contributed by atoms with Gasteiger partial charge in [-0.25, -0.2) is 0 Å². The Morgan fingerprint density at radius 1 is 0.694 bits per heavy atom. The van der Waals surface area contributed by atoms with Gasteiger partial charge in [0.2, 0.25) is 0 Å².